The molecule has 0 saturated carbocycles. The summed E-state index contributed by atoms with van der Waals surface area (Å²) < 4.78 is 2.96. The second-order valence-corrected chi connectivity index (χ2v) is 3.65. The van der Waals surface area contributed by atoms with Crippen LogP contribution in [0.4, 0.5) is 5.69 Å². The van der Waals surface area contributed by atoms with E-state index in [0.29, 0.717) is 0 Å². The SMILES string of the molecule is Nc1ccc(-n2cccc2)cc1Br. The first-order chi connectivity index (χ1) is 6.27. The molecule has 3 heteroatoms. The Bertz CT molecular complexity index is 407. The molecule has 0 aliphatic rings. The summed E-state index contributed by atoms with van der Waals surface area (Å²) in [6.07, 6.45) is 4.00. The Morgan fingerprint density at radius 3 is 2.46 bits per heavy atom. The van der Waals surface area contributed by atoms with Crippen LogP contribution in [-0.4, -0.2) is 4.57 Å². The lowest BCUT2D eigenvalue weighted by atomic mass is 10.3. The lowest BCUT2D eigenvalue weighted by molar-refractivity contribution is 1.08. The summed E-state index contributed by atoms with van der Waals surface area (Å²) in [7, 11) is 0. The van der Waals surface area contributed by atoms with Crippen LogP contribution in [-0.2, 0) is 0 Å². The Hall–Kier alpha value is -1.22. The highest BCUT2D eigenvalue weighted by Gasteiger charge is 1.98. The van der Waals surface area contributed by atoms with Crippen molar-refractivity contribution in [3.8, 4) is 5.69 Å². The Morgan fingerprint density at radius 1 is 1.15 bits per heavy atom. The molecule has 2 N–H and O–H groups in total. The van der Waals surface area contributed by atoms with Gasteiger partial charge in [0.2, 0.25) is 0 Å². The third-order valence-electron chi connectivity index (χ3n) is 1.89. The maximum Gasteiger partial charge on any atom is 0.0462 e. The van der Waals surface area contributed by atoms with E-state index in [1.807, 2.05) is 47.3 Å². The van der Waals surface area contributed by atoms with Crippen molar-refractivity contribution in [2.75, 3.05) is 5.73 Å². The minimum atomic E-state index is 0.760. The molecule has 2 rings (SSSR count). The van der Waals surface area contributed by atoms with Crippen LogP contribution in [0.15, 0.2) is 47.2 Å². The Morgan fingerprint density at radius 2 is 1.85 bits per heavy atom. The quantitative estimate of drug-likeness (QED) is 0.759. The van der Waals surface area contributed by atoms with E-state index < -0.39 is 0 Å². The molecule has 0 aliphatic heterocycles. The monoisotopic (exact) mass is 236 g/mol. The van der Waals surface area contributed by atoms with Crippen molar-refractivity contribution in [1.29, 1.82) is 0 Å². The number of hydrogen-bond donors (Lipinski definition) is 1. The number of anilines is 1. The molecule has 0 bridgehead atoms. The standard InChI is InChI=1S/C10H9BrN2/c11-9-7-8(3-4-10(9)12)13-5-1-2-6-13/h1-7H,12H2. The van der Waals surface area contributed by atoms with Gasteiger partial charge in [-0.15, -0.1) is 0 Å². The van der Waals surface area contributed by atoms with Crippen LogP contribution < -0.4 is 5.73 Å². The lowest BCUT2D eigenvalue weighted by Gasteiger charge is -2.04. The van der Waals surface area contributed by atoms with E-state index in [1.54, 1.807) is 0 Å². The molecule has 0 unspecified atom stereocenters. The van der Waals surface area contributed by atoms with Gasteiger partial charge in [0, 0.05) is 28.2 Å². The molecule has 1 heterocycles. The summed E-state index contributed by atoms with van der Waals surface area (Å²) in [5, 5.41) is 0. The first-order valence-corrected chi connectivity index (χ1v) is 4.75. The lowest BCUT2D eigenvalue weighted by Crippen LogP contribution is -1.92. The fraction of sp³-hybridized carbons (Fsp3) is 0. The first-order valence-electron chi connectivity index (χ1n) is 3.96. The highest BCUT2D eigenvalue weighted by atomic mass is 79.9. The molecular formula is C10H9BrN2. The summed E-state index contributed by atoms with van der Waals surface area (Å²) in [6.45, 7) is 0. The van der Waals surface area contributed by atoms with Crippen molar-refractivity contribution in [2.45, 2.75) is 0 Å². The van der Waals surface area contributed by atoms with Crippen LogP contribution >= 0.6 is 15.9 Å². The van der Waals surface area contributed by atoms with Crippen LogP contribution in [0, 0.1) is 0 Å². The molecule has 0 aliphatic carbocycles. The largest absolute Gasteiger partial charge is 0.398 e. The molecule has 0 amide bonds. The van der Waals surface area contributed by atoms with E-state index in [-0.39, 0.29) is 0 Å². The van der Waals surface area contributed by atoms with Gasteiger partial charge in [0.05, 0.1) is 0 Å². The van der Waals surface area contributed by atoms with Crippen molar-refractivity contribution in [2.24, 2.45) is 0 Å². The molecule has 0 atom stereocenters. The first kappa shape index (κ1) is 8.38. The van der Waals surface area contributed by atoms with Gasteiger partial charge in [0.1, 0.15) is 0 Å². The fourth-order valence-corrected chi connectivity index (χ4v) is 1.55. The summed E-state index contributed by atoms with van der Waals surface area (Å²) in [4.78, 5) is 0. The van der Waals surface area contributed by atoms with E-state index in [1.165, 1.54) is 0 Å². The van der Waals surface area contributed by atoms with Crippen LogP contribution in [0.2, 0.25) is 0 Å². The maximum absolute atomic E-state index is 5.69. The highest BCUT2D eigenvalue weighted by molar-refractivity contribution is 9.10. The molecule has 2 aromatic rings. The van der Waals surface area contributed by atoms with Gasteiger partial charge in [0.25, 0.3) is 0 Å². The Kier molecular flexibility index (Phi) is 2.10. The van der Waals surface area contributed by atoms with E-state index in [9.17, 15) is 0 Å². The summed E-state index contributed by atoms with van der Waals surface area (Å²) in [5.74, 6) is 0. The zero-order valence-electron chi connectivity index (χ0n) is 6.94. The van der Waals surface area contributed by atoms with Gasteiger partial charge < -0.3 is 10.3 Å². The van der Waals surface area contributed by atoms with Crippen LogP contribution in [0.5, 0.6) is 0 Å². The van der Waals surface area contributed by atoms with Crippen LogP contribution in [0.3, 0.4) is 0 Å². The van der Waals surface area contributed by atoms with Gasteiger partial charge in [-0.1, -0.05) is 0 Å². The predicted octanol–water partition coefficient (Wildman–Crippen LogP) is 2.82. The molecule has 66 valence electrons. The van der Waals surface area contributed by atoms with Gasteiger partial charge in [0.15, 0.2) is 0 Å². The Balaban J connectivity index is 2.49. The molecule has 1 aromatic heterocycles. The molecule has 0 radical (unpaired) electrons. The van der Waals surface area contributed by atoms with Gasteiger partial charge in [-0.2, -0.15) is 0 Å². The number of halogens is 1. The van der Waals surface area contributed by atoms with Gasteiger partial charge in [-0.25, -0.2) is 0 Å². The van der Waals surface area contributed by atoms with E-state index in [2.05, 4.69) is 15.9 Å². The second kappa shape index (κ2) is 3.26. The summed E-state index contributed by atoms with van der Waals surface area (Å²) in [5.41, 5.74) is 7.55. The minimum absolute atomic E-state index is 0.760. The number of aromatic nitrogens is 1. The average Bonchev–Trinajstić information content (AvgIpc) is 2.62. The summed E-state index contributed by atoms with van der Waals surface area (Å²) >= 11 is 3.39. The molecule has 1 aromatic carbocycles. The van der Waals surface area contributed by atoms with E-state index in [4.69, 9.17) is 5.73 Å². The molecular weight excluding hydrogens is 228 g/mol. The third-order valence-corrected chi connectivity index (χ3v) is 2.57. The highest BCUT2D eigenvalue weighted by Crippen LogP contribution is 2.22. The zero-order valence-corrected chi connectivity index (χ0v) is 8.53. The van der Waals surface area contributed by atoms with Gasteiger partial charge in [-0.05, 0) is 46.3 Å². The van der Waals surface area contributed by atoms with Crippen molar-refractivity contribution in [3.63, 3.8) is 0 Å². The maximum atomic E-state index is 5.69. The molecule has 0 spiro atoms. The number of nitrogens with two attached hydrogens (primary N) is 1. The molecule has 2 nitrogen and oxygen atoms in total. The topological polar surface area (TPSA) is 30.9 Å². The van der Waals surface area contributed by atoms with E-state index >= 15 is 0 Å². The number of nitrogens with zero attached hydrogens (tertiary/aromatic N) is 1. The van der Waals surface area contributed by atoms with E-state index in [0.717, 1.165) is 15.8 Å². The van der Waals surface area contributed by atoms with Crippen molar-refractivity contribution >= 4 is 21.6 Å². The number of benzene rings is 1. The second-order valence-electron chi connectivity index (χ2n) is 2.80. The third kappa shape index (κ3) is 1.60. The molecule has 0 fully saturated rings. The Labute approximate surface area is 85.1 Å². The van der Waals surface area contributed by atoms with Gasteiger partial charge >= 0.3 is 0 Å². The van der Waals surface area contributed by atoms with Crippen molar-refractivity contribution in [1.82, 2.24) is 4.57 Å². The smallest absolute Gasteiger partial charge is 0.0462 e. The minimum Gasteiger partial charge on any atom is -0.398 e. The fourth-order valence-electron chi connectivity index (χ4n) is 1.18. The van der Waals surface area contributed by atoms with Crippen LogP contribution in [0.1, 0.15) is 0 Å². The zero-order chi connectivity index (χ0) is 9.26. The van der Waals surface area contributed by atoms with Crippen molar-refractivity contribution < 1.29 is 0 Å². The molecule has 13 heavy (non-hydrogen) atoms. The summed E-state index contributed by atoms with van der Waals surface area (Å²) in [6, 6.07) is 9.85. The molecule has 0 saturated heterocycles. The predicted molar refractivity (Wildman–Crippen MR) is 57.9 cm³/mol. The normalized spacial score (nSPS) is 10.2. The number of nitrogen functional groups attached to an aromatic ring is 1. The number of hydrogen-bond acceptors (Lipinski definition) is 1. The van der Waals surface area contributed by atoms with Gasteiger partial charge in [-0.3, -0.25) is 0 Å². The number of rotatable bonds is 1. The average molecular weight is 237 g/mol. The van der Waals surface area contributed by atoms with Crippen LogP contribution in [0.25, 0.3) is 5.69 Å². The van der Waals surface area contributed by atoms with Crippen molar-refractivity contribution in [3.05, 3.63) is 47.2 Å².